The lowest BCUT2D eigenvalue weighted by Gasteiger charge is -2.10. The lowest BCUT2D eigenvalue weighted by Crippen LogP contribution is -2.14. The first kappa shape index (κ1) is 13.0. The van der Waals surface area contributed by atoms with E-state index in [0.717, 1.165) is 23.8 Å². The summed E-state index contributed by atoms with van der Waals surface area (Å²) in [5.74, 6) is 0. The van der Waals surface area contributed by atoms with Crippen molar-refractivity contribution in [1.82, 2.24) is 20.1 Å². The Hall–Kier alpha value is -1.98. The number of benzene rings is 1. The fraction of sp³-hybridized carbons (Fsp3) is 0.200. The summed E-state index contributed by atoms with van der Waals surface area (Å²) in [7, 11) is 0. The number of nitrogens with zero attached hydrogens (tertiary/aromatic N) is 3. The van der Waals surface area contributed by atoms with Crippen LogP contribution in [0.15, 0.2) is 48.9 Å². The maximum Gasteiger partial charge on any atom is 0.0897 e. The first-order valence-electron chi connectivity index (χ1n) is 6.53. The molecule has 1 aromatic carbocycles. The molecule has 20 heavy (non-hydrogen) atoms. The van der Waals surface area contributed by atoms with E-state index in [1.54, 1.807) is 17.5 Å². The molecule has 3 rings (SSSR count). The highest BCUT2D eigenvalue weighted by Gasteiger charge is 2.04. The molecule has 102 valence electrons. The molecule has 0 aliphatic rings. The average Bonchev–Trinajstić information content (AvgIpc) is 3.11. The Balaban J connectivity index is 1.68. The third kappa shape index (κ3) is 2.95. The molecule has 2 heterocycles. The monoisotopic (exact) mass is 284 g/mol. The molecule has 0 unspecified atom stereocenters. The van der Waals surface area contributed by atoms with Gasteiger partial charge in [0, 0.05) is 36.6 Å². The smallest absolute Gasteiger partial charge is 0.0897 e. The molecule has 0 spiro atoms. The zero-order valence-electron chi connectivity index (χ0n) is 11.3. The number of hydrogen-bond acceptors (Lipinski definition) is 4. The van der Waals surface area contributed by atoms with E-state index in [1.807, 2.05) is 36.1 Å². The largest absolute Gasteiger partial charge is 0.308 e. The maximum atomic E-state index is 4.30. The molecule has 0 fully saturated rings. The molecule has 2 aromatic heterocycles. The minimum atomic E-state index is 0.812. The minimum absolute atomic E-state index is 0.812. The predicted octanol–water partition coefficient (Wildman–Crippen LogP) is 2.93. The molecule has 0 atom stereocenters. The Morgan fingerprint density at radius 2 is 2.10 bits per heavy atom. The SMILES string of the molecule is Cc1ncc(CNCc2ccccc2-n2cccn2)s1. The van der Waals surface area contributed by atoms with Crippen molar-refractivity contribution in [3.05, 3.63) is 64.4 Å². The second-order valence-electron chi connectivity index (χ2n) is 4.53. The van der Waals surface area contributed by atoms with Crippen molar-refractivity contribution in [2.75, 3.05) is 0 Å². The van der Waals surface area contributed by atoms with Gasteiger partial charge in [0.2, 0.25) is 0 Å². The first-order valence-corrected chi connectivity index (χ1v) is 7.34. The van der Waals surface area contributed by atoms with Crippen molar-refractivity contribution in [3.8, 4) is 5.69 Å². The van der Waals surface area contributed by atoms with E-state index < -0.39 is 0 Å². The van der Waals surface area contributed by atoms with Crippen LogP contribution in [0.5, 0.6) is 0 Å². The molecule has 0 bridgehead atoms. The normalized spacial score (nSPS) is 10.8. The van der Waals surface area contributed by atoms with Gasteiger partial charge >= 0.3 is 0 Å². The summed E-state index contributed by atoms with van der Waals surface area (Å²) in [5, 5.41) is 8.87. The lowest BCUT2D eigenvalue weighted by molar-refractivity contribution is 0.692. The van der Waals surface area contributed by atoms with Gasteiger partial charge in [0.1, 0.15) is 0 Å². The fourth-order valence-electron chi connectivity index (χ4n) is 2.10. The van der Waals surface area contributed by atoms with Crippen molar-refractivity contribution in [2.24, 2.45) is 0 Å². The number of thiazole rings is 1. The van der Waals surface area contributed by atoms with Crippen LogP contribution in [0.1, 0.15) is 15.4 Å². The number of hydrogen-bond donors (Lipinski definition) is 1. The summed E-state index contributed by atoms with van der Waals surface area (Å²) in [4.78, 5) is 5.53. The van der Waals surface area contributed by atoms with Crippen molar-refractivity contribution >= 4 is 11.3 Å². The summed E-state index contributed by atoms with van der Waals surface area (Å²) >= 11 is 1.73. The van der Waals surface area contributed by atoms with Gasteiger partial charge in [-0.2, -0.15) is 5.10 Å². The second-order valence-corrected chi connectivity index (χ2v) is 5.85. The van der Waals surface area contributed by atoms with E-state index in [1.165, 1.54) is 10.4 Å². The van der Waals surface area contributed by atoms with Crippen LogP contribution in [0.3, 0.4) is 0 Å². The standard InChI is InChI=1S/C15H16N4S/c1-12-17-11-14(20-12)10-16-9-13-5-2-3-6-15(13)19-8-4-7-18-19/h2-8,11,16H,9-10H2,1H3. The Morgan fingerprint density at radius 1 is 1.20 bits per heavy atom. The summed E-state index contributed by atoms with van der Waals surface area (Å²) in [5.41, 5.74) is 2.35. The van der Waals surface area contributed by atoms with Crippen LogP contribution < -0.4 is 5.32 Å². The quantitative estimate of drug-likeness (QED) is 0.783. The number of rotatable bonds is 5. The van der Waals surface area contributed by atoms with E-state index in [0.29, 0.717) is 0 Å². The molecule has 0 aliphatic carbocycles. The van der Waals surface area contributed by atoms with Gasteiger partial charge < -0.3 is 5.32 Å². The maximum absolute atomic E-state index is 4.30. The molecule has 4 nitrogen and oxygen atoms in total. The number of para-hydroxylation sites is 1. The summed E-state index contributed by atoms with van der Waals surface area (Å²) < 4.78 is 1.90. The van der Waals surface area contributed by atoms with Crippen LogP contribution in [-0.4, -0.2) is 14.8 Å². The van der Waals surface area contributed by atoms with Crippen molar-refractivity contribution in [2.45, 2.75) is 20.0 Å². The number of aromatic nitrogens is 3. The van der Waals surface area contributed by atoms with Gasteiger partial charge in [-0.3, -0.25) is 0 Å². The highest BCUT2D eigenvalue weighted by Crippen LogP contribution is 2.14. The lowest BCUT2D eigenvalue weighted by atomic mass is 10.2. The minimum Gasteiger partial charge on any atom is -0.308 e. The van der Waals surface area contributed by atoms with Crippen LogP contribution in [0, 0.1) is 6.92 Å². The second kappa shape index (κ2) is 5.98. The topological polar surface area (TPSA) is 42.7 Å². The summed E-state index contributed by atoms with van der Waals surface area (Å²) in [6.07, 6.45) is 5.70. The summed E-state index contributed by atoms with van der Waals surface area (Å²) in [6, 6.07) is 10.2. The van der Waals surface area contributed by atoms with E-state index in [9.17, 15) is 0 Å². The molecule has 0 amide bonds. The van der Waals surface area contributed by atoms with E-state index in [4.69, 9.17) is 0 Å². The predicted molar refractivity (Wildman–Crippen MR) is 81.0 cm³/mol. The Labute approximate surface area is 122 Å². The molecule has 1 N–H and O–H groups in total. The van der Waals surface area contributed by atoms with Crippen molar-refractivity contribution < 1.29 is 0 Å². The van der Waals surface area contributed by atoms with Crippen molar-refractivity contribution in [1.29, 1.82) is 0 Å². The number of aryl methyl sites for hydroxylation is 1. The first-order chi connectivity index (χ1) is 9.83. The molecule has 5 heteroatoms. The Morgan fingerprint density at radius 3 is 2.85 bits per heavy atom. The molecule has 0 saturated heterocycles. The fourth-order valence-corrected chi connectivity index (χ4v) is 2.87. The molecule has 3 aromatic rings. The highest BCUT2D eigenvalue weighted by molar-refractivity contribution is 7.11. The van der Waals surface area contributed by atoms with E-state index in [-0.39, 0.29) is 0 Å². The van der Waals surface area contributed by atoms with Crippen molar-refractivity contribution in [3.63, 3.8) is 0 Å². The van der Waals surface area contributed by atoms with Crippen LogP contribution in [0.25, 0.3) is 5.69 Å². The van der Waals surface area contributed by atoms with Gasteiger partial charge in [-0.25, -0.2) is 9.67 Å². The third-order valence-corrected chi connectivity index (χ3v) is 3.94. The molecular formula is C15H16N4S. The number of nitrogens with one attached hydrogen (secondary N) is 1. The van der Waals surface area contributed by atoms with Crippen LogP contribution in [-0.2, 0) is 13.1 Å². The zero-order valence-corrected chi connectivity index (χ0v) is 12.1. The molecule has 0 radical (unpaired) electrons. The Bertz CT molecular complexity index is 673. The van der Waals surface area contributed by atoms with Gasteiger partial charge in [0.15, 0.2) is 0 Å². The molecule has 0 saturated carbocycles. The molecular weight excluding hydrogens is 268 g/mol. The van der Waals surface area contributed by atoms with Gasteiger partial charge in [0.05, 0.1) is 10.7 Å². The highest BCUT2D eigenvalue weighted by atomic mass is 32.1. The average molecular weight is 284 g/mol. The zero-order chi connectivity index (χ0) is 13.8. The van der Waals surface area contributed by atoms with Crippen LogP contribution >= 0.6 is 11.3 Å². The van der Waals surface area contributed by atoms with Crippen LogP contribution in [0.2, 0.25) is 0 Å². The van der Waals surface area contributed by atoms with Gasteiger partial charge in [-0.05, 0) is 24.6 Å². The van der Waals surface area contributed by atoms with Gasteiger partial charge in [-0.15, -0.1) is 11.3 Å². The van der Waals surface area contributed by atoms with E-state index in [2.05, 4.69) is 33.6 Å². The summed E-state index contributed by atoms with van der Waals surface area (Å²) in [6.45, 7) is 3.69. The van der Waals surface area contributed by atoms with E-state index >= 15 is 0 Å². The third-order valence-electron chi connectivity index (χ3n) is 3.03. The van der Waals surface area contributed by atoms with Crippen LogP contribution in [0.4, 0.5) is 0 Å². The van der Waals surface area contributed by atoms with Gasteiger partial charge in [-0.1, -0.05) is 18.2 Å². The Kier molecular flexibility index (Phi) is 3.90. The molecule has 0 aliphatic heterocycles. The van der Waals surface area contributed by atoms with Gasteiger partial charge in [0.25, 0.3) is 0 Å².